The molecule has 0 spiro atoms. The number of ether oxygens (including phenoxy) is 2. The van der Waals surface area contributed by atoms with E-state index in [0.29, 0.717) is 44.2 Å². The number of aromatic carboxylic acids is 1. The van der Waals surface area contributed by atoms with Gasteiger partial charge in [0, 0.05) is 26.2 Å². The molecular weight excluding hydrogens is 288 g/mol. The van der Waals surface area contributed by atoms with Crippen molar-refractivity contribution >= 4 is 11.9 Å². The van der Waals surface area contributed by atoms with Gasteiger partial charge < -0.3 is 24.0 Å². The van der Waals surface area contributed by atoms with Crippen LogP contribution in [0, 0.1) is 0 Å². The van der Waals surface area contributed by atoms with Crippen LogP contribution in [0.25, 0.3) is 0 Å². The number of carboxylic acids is 1. The average Bonchev–Trinajstić information content (AvgIpc) is 3.11. The van der Waals surface area contributed by atoms with Gasteiger partial charge >= 0.3 is 5.97 Å². The molecule has 3 rings (SSSR count). The molecule has 1 N–H and O–H groups in total. The van der Waals surface area contributed by atoms with E-state index in [-0.39, 0.29) is 24.2 Å². The van der Waals surface area contributed by atoms with Gasteiger partial charge in [-0.25, -0.2) is 4.79 Å². The molecule has 1 atom stereocenters. The Labute approximate surface area is 128 Å². The summed E-state index contributed by atoms with van der Waals surface area (Å²) >= 11 is 0. The third kappa shape index (κ3) is 2.62. The lowest BCUT2D eigenvalue weighted by atomic mass is 10.2. The van der Waals surface area contributed by atoms with E-state index < -0.39 is 5.97 Å². The van der Waals surface area contributed by atoms with Gasteiger partial charge in [0.15, 0.2) is 0 Å². The highest BCUT2D eigenvalue weighted by atomic mass is 16.5. The largest absolute Gasteiger partial charge is 0.478 e. The molecule has 1 aromatic rings. The molecule has 1 fully saturated rings. The molecule has 0 saturated carbocycles. The number of carbonyl (C=O) groups excluding carboxylic acids is 1. The summed E-state index contributed by atoms with van der Waals surface area (Å²) in [6, 6.07) is 1.47. The number of nitrogens with zero attached hydrogens (tertiary/aromatic N) is 2. The Kier molecular flexibility index (Phi) is 4.17. The number of rotatable bonds is 4. The van der Waals surface area contributed by atoms with Crippen molar-refractivity contribution in [1.29, 1.82) is 0 Å². The SMILES string of the molecule is CCOC1CCN(C(=O)c2cc(C(=O)O)c3n2CCOC3)C1. The average molecular weight is 308 g/mol. The fourth-order valence-corrected chi connectivity index (χ4v) is 3.13. The first-order valence-electron chi connectivity index (χ1n) is 7.56. The van der Waals surface area contributed by atoms with Gasteiger partial charge in [0.05, 0.1) is 30.6 Å². The third-order valence-electron chi connectivity index (χ3n) is 4.19. The normalized spacial score (nSPS) is 21.0. The van der Waals surface area contributed by atoms with E-state index in [1.165, 1.54) is 6.07 Å². The van der Waals surface area contributed by atoms with Gasteiger partial charge in [-0.3, -0.25) is 4.79 Å². The summed E-state index contributed by atoms with van der Waals surface area (Å²) < 4.78 is 12.7. The molecule has 3 heterocycles. The van der Waals surface area contributed by atoms with Crippen LogP contribution in [0.3, 0.4) is 0 Å². The number of carbonyl (C=O) groups is 2. The summed E-state index contributed by atoms with van der Waals surface area (Å²) in [7, 11) is 0. The second kappa shape index (κ2) is 6.10. The van der Waals surface area contributed by atoms with Gasteiger partial charge in [-0.05, 0) is 19.4 Å². The fourth-order valence-electron chi connectivity index (χ4n) is 3.13. The van der Waals surface area contributed by atoms with Crippen LogP contribution in [-0.2, 0) is 22.6 Å². The molecule has 1 aromatic heterocycles. The summed E-state index contributed by atoms with van der Waals surface area (Å²) in [5.74, 6) is -1.15. The van der Waals surface area contributed by atoms with Crippen LogP contribution in [-0.4, -0.2) is 58.9 Å². The first-order chi connectivity index (χ1) is 10.6. The van der Waals surface area contributed by atoms with Gasteiger partial charge in [-0.1, -0.05) is 0 Å². The van der Waals surface area contributed by atoms with E-state index >= 15 is 0 Å². The van der Waals surface area contributed by atoms with E-state index in [9.17, 15) is 14.7 Å². The summed E-state index contributed by atoms with van der Waals surface area (Å²) in [6.45, 7) is 5.00. The van der Waals surface area contributed by atoms with Gasteiger partial charge in [0.1, 0.15) is 5.69 Å². The number of carboxylic acid groups (broad SMARTS) is 1. The Morgan fingerprint density at radius 1 is 1.45 bits per heavy atom. The molecule has 0 radical (unpaired) electrons. The Bertz CT molecular complexity index is 595. The van der Waals surface area contributed by atoms with Crippen molar-refractivity contribution in [1.82, 2.24) is 9.47 Å². The molecule has 1 saturated heterocycles. The van der Waals surface area contributed by atoms with Crippen molar-refractivity contribution in [3.05, 3.63) is 23.0 Å². The molecule has 2 aliphatic rings. The molecule has 1 unspecified atom stereocenters. The van der Waals surface area contributed by atoms with Crippen LogP contribution >= 0.6 is 0 Å². The monoisotopic (exact) mass is 308 g/mol. The highest BCUT2D eigenvalue weighted by Gasteiger charge is 2.32. The molecule has 0 aliphatic carbocycles. The minimum atomic E-state index is -1.03. The first-order valence-corrected chi connectivity index (χ1v) is 7.56. The fraction of sp³-hybridized carbons (Fsp3) is 0.600. The molecule has 0 aromatic carbocycles. The van der Waals surface area contributed by atoms with Crippen LogP contribution in [0.1, 0.15) is 39.9 Å². The van der Waals surface area contributed by atoms with Gasteiger partial charge in [-0.2, -0.15) is 0 Å². The zero-order valence-corrected chi connectivity index (χ0v) is 12.6. The van der Waals surface area contributed by atoms with Gasteiger partial charge in [0.2, 0.25) is 0 Å². The number of fused-ring (bicyclic) bond motifs is 1. The molecule has 7 nitrogen and oxygen atoms in total. The number of aromatic nitrogens is 1. The molecular formula is C15H20N2O5. The molecule has 2 aliphatic heterocycles. The molecule has 0 bridgehead atoms. The number of hydrogen-bond acceptors (Lipinski definition) is 4. The minimum absolute atomic E-state index is 0.0759. The molecule has 1 amide bonds. The van der Waals surface area contributed by atoms with Crippen molar-refractivity contribution in [3.63, 3.8) is 0 Å². The smallest absolute Gasteiger partial charge is 0.337 e. The number of amides is 1. The second-order valence-corrected chi connectivity index (χ2v) is 5.52. The van der Waals surface area contributed by atoms with Crippen molar-refractivity contribution < 1.29 is 24.2 Å². The zero-order chi connectivity index (χ0) is 15.7. The standard InChI is InChI=1S/C15H20N2O5/c1-2-22-10-3-4-16(8-10)14(18)12-7-11(15(19)20)13-9-21-6-5-17(12)13/h7,10H,2-6,8-9H2,1H3,(H,19,20). The highest BCUT2D eigenvalue weighted by Crippen LogP contribution is 2.24. The first kappa shape index (κ1) is 15.1. The summed E-state index contributed by atoms with van der Waals surface area (Å²) in [5, 5.41) is 9.30. The van der Waals surface area contributed by atoms with Crippen molar-refractivity contribution in [3.8, 4) is 0 Å². The summed E-state index contributed by atoms with van der Waals surface area (Å²) in [4.78, 5) is 25.8. The third-order valence-corrected chi connectivity index (χ3v) is 4.19. The number of likely N-dealkylation sites (tertiary alicyclic amines) is 1. The van der Waals surface area contributed by atoms with Crippen LogP contribution < -0.4 is 0 Å². The minimum Gasteiger partial charge on any atom is -0.478 e. The van der Waals surface area contributed by atoms with E-state index in [1.807, 2.05) is 6.92 Å². The lowest BCUT2D eigenvalue weighted by Gasteiger charge is -2.21. The van der Waals surface area contributed by atoms with E-state index in [0.717, 1.165) is 6.42 Å². The zero-order valence-electron chi connectivity index (χ0n) is 12.6. The van der Waals surface area contributed by atoms with Crippen LogP contribution in [0.2, 0.25) is 0 Å². The lowest BCUT2D eigenvalue weighted by molar-refractivity contribution is 0.0575. The molecule has 120 valence electrons. The lowest BCUT2D eigenvalue weighted by Crippen LogP contribution is -2.33. The number of hydrogen-bond donors (Lipinski definition) is 1. The maximum Gasteiger partial charge on any atom is 0.337 e. The summed E-state index contributed by atoms with van der Waals surface area (Å²) in [6.07, 6.45) is 0.897. The topological polar surface area (TPSA) is 81.0 Å². The van der Waals surface area contributed by atoms with Gasteiger partial charge in [-0.15, -0.1) is 0 Å². The maximum atomic E-state index is 12.7. The van der Waals surface area contributed by atoms with Crippen molar-refractivity contribution in [2.45, 2.75) is 32.6 Å². The van der Waals surface area contributed by atoms with Crippen LogP contribution in [0.4, 0.5) is 0 Å². The van der Waals surface area contributed by atoms with Crippen molar-refractivity contribution in [2.75, 3.05) is 26.3 Å². The Morgan fingerprint density at radius 3 is 3.00 bits per heavy atom. The summed E-state index contributed by atoms with van der Waals surface area (Å²) in [5.41, 5.74) is 1.17. The molecule has 22 heavy (non-hydrogen) atoms. The maximum absolute atomic E-state index is 12.7. The highest BCUT2D eigenvalue weighted by molar-refractivity contribution is 5.98. The molecule has 7 heteroatoms. The Hall–Kier alpha value is -1.86. The van der Waals surface area contributed by atoms with Crippen LogP contribution in [0.5, 0.6) is 0 Å². The van der Waals surface area contributed by atoms with E-state index in [1.54, 1.807) is 9.47 Å². The second-order valence-electron chi connectivity index (χ2n) is 5.52. The van der Waals surface area contributed by atoms with Crippen molar-refractivity contribution in [2.24, 2.45) is 0 Å². The Morgan fingerprint density at radius 2 is 2.27 bits per heavy atom. The van der Waals surface area contributed by atoms with E-state index in [2.05, 4.69) is 0 Å². The predicted molar refractivity (Wildman–Crippen MR) is 77.0 cm³/mol. The van der Waals surface area contributed by atoms with Gasteiger partial charge in [0.25, 0.3) is 5.91 Å². The van der Waals surface area contributed by atoms with E-state index in [4.69, 9.17) is 9.47 Å². The predicted octanol–water partition coefficient (Wildman–Crippen LogP) is 0.967. The van der Waals surface area contributed by atoms with Crippen LogP contribution in [0.15, 0.2) is 6.07 Å². The Balaban J connectivity index is 1.85. The quantitative estimate of drug-likeness (QED) is 0.896.